The van der Waals surface area contributed by atoms with E-state index in [2.05, 4.69) is 36.6 Å². The summed E-state index contributed by atoms with van der Waals surface area (Å²) < 4.78 is 28.1. The van der Waals surface area contributed by atoms with E-state index in [-0.39, 0.29) is 16.6 Å². The van der Waals surface area contributed by atoms with Gasteiger partial charge in [-0.15, -0.1) is 0 Å². The van der Waals surface area contributed by atoms with Crippen LogP contribution >= 0.6 is 31.9 Å². The standard InChI is InChI=1S/C10H12Br2N2O2S/c1-5-2-9(5)14-17(15,16)10-7(12)3-6(11)4-8(10)13/h3-5,9,14H,2,13H2,1H3. The molecule has 17 heavy (non-hydrogen) atoms. The van der Waals surface area contributed by atoms with Crippen molar-refractivity contribution in [2.75, 3.05) is 5.73 Å². The number of benzene rings is 1. The van der Waals surface area contributed by atoms with Crippen LogP contribution in [-0.4, -0.2) is 14.5 Å². The lowest BCUT2D eigenvalue weighted by molar-refractivity contribution is 0.578. The van der Waals surface area contributed by atoms with E-state index in [9.17, 15) is 8.42 Å². The van der Waals surface area contributed by atoms with Crippen molar-refractivity contribution in [2.24, 2.45) is 5.92 Å². The van der Waals surface area contributed by atoms with Crippen molar-refractivity contribution >= 4 is 47.6 Å². The minimum absolute atomic E-state index is 0.0370. The molecule has 4 nitrogen and oxygen atoms in total. The molecule has 1 saturated carbocycles. The Morgan fingerprint density at radius 2 is 2.00 bits per heavy atom. The van der Waals surface area contributed by atoms with Crippen molar-refractivity contribution in [3.05, 3.63) is 21.1 Å². The molecular formula is C10H12Br2N2O2S. The highest BCUT2D eigenvalue weighted by Crippen LogP contribution is 2.35. The lowest BCUT2D eigenvalue weighted by atomic mass is 10.3. The Morgan fingerprint density at radius 3 is 2.47 bits per heavy atom. The van der Waals surface area contributed by atoms with Crippen LogP contribution in [0.1, 0.15) is 13.3 Å². The van der Waals surface area contributed by atoms with Gasteiger partial charge in [0.05, 0.1) is 5.69 Å². The smallest absolute Gasteiger partial charge is 0.244 e. The molecule has 0 bridgehead atoms. The van der Waals surface area contributed by atoms with E-state index in [4.69, 9.17) is 5.73 Å². The summed E-state index contributed by atoms with van der Waals surface area (Å²) in [7, 11) is -3.55. The maximum Gasteiger partial charge on any atom is 0.244 e. The van der Waals surface area contributed by atoms with Crippen LogP contribution in [0.2, 0.25) is 0 Å². The van der Waals surface area contributed by atoms with Crippen LogP contribution in [0.15, 0.2) is 26.0 Å². The molecule has 1 fully saturated rings. The molecule has 94 valence electrons. The van der Waals surface area contributed by atoms with Gasteiger partial charge in [0.15, 0.2) is 0 Å². The van der Waals surface area contributed by atoms with Gasteiger partial charge in [0.1, 0.15) is 4.90 Å². The van der Waals surface area contributed by atoms with Crippen LogP contribution in [0.4, 0.5) is 5.69 Å². The number of nitrogens with one attached hydrogen (secondary N) is 1. The van der Waals surface area contributed by atoms with Crippen molar-refractivity contribution in [1.82, 2.24) is 4.72 Å². The van der Waals surface area contributed by atoms with Gasteiger partial charge in [0.25, 0.3) is 0 Å². The number of hydrogen-bond donors (Lipinski definition) is 2. The van der Waals surface area contributed by atoms with E-state index in [1.165, 1.54) is 0 Å². The largest absolute Gasteiger partial charge is 0.398 e. The van der Waals surface area contributed by atoms with Crippen LogP contribution in [-0.2, 0) is 10.0 Å². The fraction of sp³-hybridized carbons (Fsp3) is 0.400. The number of halogens is 2. The number of hydrogen-bond acceptors (Lipinski definition) is 3. The Hall–Kier alpha value is -0.110. The fourth-order valence-electron chi connectivity index (χ4n) is 1.61. The second kappa shape index (κ2) is 4.53. The first-order valence-corrected chi connectivity index (χ1v) is 8.15. The molecular weight excluding hydrogens is 372 g/mol. The second-order valence-electron chi connectivity index (χ2n) is 4.25. The molecule has 1 aromatic rings. The Labute approximate surface area is 117 Å². The number of nitrogens with two attached hydrogens (primary N) is 1. The molecule has 1 aromatic carbocycles. The van der Waals surface area contributed by atoms with Gasteiger partial charge in [0, 0.05) is 15.0 Å². The minimum Gasteiger partial charge on any atom is -0.398 e. The molecule has 2 rings (SSSR count). The molecule has 2 atom stereocenters. The third-order valence-electron chi connectivity index (χ3n) is 2.72. The quantitative estimate of drug-likeness (QED) is 0.787. The summed E-state index contributed by atoms with van der Waals surface area (Å²) in [5, 5.41) is 0. The monoisotopic (exact) mass is 382 g/mol. The first kappa shape index (κ1) is 13.3. The summed E-state index contributed by atoms with van der Waals surface area (Å²) in [6, 6.07) is 3.28. The minimum atomic E-state index is -3.55. The normalized spacial score (nSPS) is 23.7. The third-order valence-corrected chi connectivity index (χ3v) is 5.67. The van der Waals surface area contributed by atoms with E-state index in [0.29, 0.717) is 10.4 Å². The number of sulfonamides is 1. The lowest BCUT2D eigenvalue weighted by Gasteiger charge is -2.11. The lowest BCUT2D eigenvalue weighted by Crippen LogP contribution is -2.27. The highest BCUT2D eigenvalue weighted by atomic mass is 79.9. The summed E-state index contributed by atoms with van der Waals surface area (Å²) in [4.78, 5) is 0.111. The predicted octanol–water partition coefficient (Wildman–Crippen LogP) is 2.48. The van der Waals surface area contributed by atoms with E-state index < -0.39 is 10.0 Å². The van der Waals surface area contributed by atoms with Gasteiger partial charge in [-0.3, -0.25) is 0 Å². The molecule has 2 unspecified atom stereocenters. The highest BCUT2D eigenvalue weighted by molar-refractivity contribution is 9.11. The predicted molar refractivity (Wildman–Crippen MR) is 74.1 cm³/mol. The summed E-state index contributed by atoms with van der Waals surface area (Å²) in [5.41, 5.74) is 5.99. The Morgan fingerprint density at radius 1 is 1.41 bits per heavy atom. The van der Waals surface area contributed by atoms with E-state index in [1.54, 1.807) is 12.1 Å². The van der Waals surface area contributed by atoms with Crippen LogP contribution in [0, 0.1) is 5.92 Å². The SMILES string of the molecule is CC1CC1NS(=O)(=O)c1c(N)cc(Br)cc1Br. The van der Waals surface area contributed by atoms with Gasteiger partial charge in [-0.1, -0.05) is 22.9 Å². The molecule has 7 heteroatoms. The summed E-state index contributed by atoms with van der Waals surface area (Å²) >= 11 is 6.49. The molecule has 0 aromatic heterocycles. The van der Waals surface area contributed by atoms with Crippen LogP contribution in [0.5, 0.6) is 0 Å². The second-order valence-corrected chi connectivity index (χ2v) is 7.67. The van der Waals surface area contributed by atoms with Gasteiger partial charge >= 0.3 is 0 Å². The van der Waals surface area contributed by atoms with Crippen LogP contribution in [0.25, 0.3) is 0 Å². The topological polar surface area (TPSA) is 72.2 Å². The van der Waals surface area contributed by atoms with E-state index in [0.717, 1.165) is 10.9 Å². The average Bonchev–Trinajstić information content (AvgIpc) is 2.76. The Kier molecular flexibility index (Phi) is 3.55. The molecule has 1 aliphatic carbocycles. The molecule has 3 N–H and O–H groups in total. The van der Waals surface area contributed by atoms with Gasteiger partial charge < -0.3 is 5.73 Å². The summed E-state index contributed by atoms with van der Waals surface area (Å²) in [5.74, 6) is 0.403. The van der Waals surface area contributed by atoms with Gasteiger partial charge in [0.2, 0.25) is 10.0 Å². The Balaban J connectivity index is 2.39. The first-order chi connectivity index (χ1) is 7.81. The first-order valence-electron chi connectivity index (χ1n) is 5.08. The third kappa shape index (κ3) is 2.83. The molecule has 0 radical (unpaired) electrons. The van der Waals surface area contributed by atoms with Crippen molar-refractivity contribution in [1.29, 1.82) is 0 Å². The number of rotatable bonds is 3. The number of nitrogen functional groups attached to an aromatic ring is 1. The van der Waals surface area contributed by atoms with Crippen molar-refractivity contribution in [3.63, 3.8) is 0 Å². The van der Waals surface area contributed by atoms with Crippen LogP contribution in [0.3, 0.4) is 0 Å². The van der Waals surface area contributed by atoms with Crippen molar-refractivity contribution < 1.29 is 8.42 Å². The molecule has 0 heterocycles. The van der Waals surface area contributed by atoms with Crippen LogP contribution < -0.4 is 10.5 Å². The maximum atomic E-state index is 12.1. The van der Waals surface area contributed by atoms with E-state index >= 15 is 0 Å². The van der Waals surface area contributed by atoms with Gasteiger partial charge in [-0.2, -0.15) is 0 Å². The molecule has 0 saturated heterocycles. The summed E-state index contributed by atoms with van der Waals surface area (Å²) in [6.45, 7) is 2.01. The van der Waals surface area contributed by atoms with Gasteiger partial charge in [-0.25, -0.2) is 13.1 Å². The maximum absolute atomic E-state index is 12.1. The van der Waals surface area contributed by atoms with Gasteiger partial charge in [-0.05, 0) is 40.4 Å². The van der Waals surface area contributed by atoms with E-state index in [1.807, 2.05) is 6.92 Å². The van der Waals surface area contributed by atoms with Crippen molar-refractivity contribution in [3.8, 4) is 0 Å². The highest BCUT2D eigenvalue weighted by Gasteiger charge is 2.37. The zero-order valence-corrected chi connectivity index (χ0v) is 13.1. The molecule has 1 aliphatic rings. The molecule has 0 amide bonds. The summed E-state index contributed by atoms with van der Waals surface area (Å²) in [6.07, 6.45) is 0.882. The molecule has 0 aliphatic heterocycles. The Bertz CT molecular complexity index is 536. The molecule has 0 spiro atoms. The zero-order valence-electron chi connectivity index (χ0n) is 9.07. The zero-order chi connectivity index (χ0) is 12.8. The van der Waals surface area contributed by atoms with Crippen molar-refractivity contribution in [2.45, 2.75) is 24.3 Å². The fourth-order valence-corrected chi connectivity index (χ4v) is 5.04. The average molecular weight is 384 g/mol. The number of anilines is 1.